The highest BCUT2D eigenvalue weighted by Crippen LogP contribution is 2.22. The van der Waals surface area contributed by atoms with Crippen LogP contribution in [0.1, 0.15) is 11.1 Å². The fourth-order valence-electron chi connectivity index (χ4n) is 3.08. The van der Waals surface area contributed by atoms with E-state index < -0.39 is 11.8 Å². The van der Waals surface area contributed by atoms with Gasteiger partial charge < -0.3 is 5.32 Å². The van der Waals surface area contributed by atoms with Crippen LogP contribution in [-0.4, -0.2) is 27.8 Å². The predicted molar refractivity (Wildman–Crippen MR) is 130 cm³/mol. The lowest BCUT2D eigenvalue weighted by Crippen LogP contribution is -2.32. The first-order valence-electron chi connectivity index (χ1n) is 10.1. The first kappa shape index (κ1) is 22.0. The Morgan fingerprint density at radius 1 is 0.970 bits per heavy atom. The average Bonchev–Trinajstić information content (AvgIpc) is 3.26. The molecule has 0 fully saturated rings. The van der Waals surface area contributed by atoms with Crippen LogP contribution < -0.4 is 10.7 Å². The van der Waals surface area contributed by atoms with E-state index in [0.29, 0.717) is 22.0 Å². The SMILES string of the molecule is Cc1ccc(NC(=O)C(=O)N/N=C\c2cn(-c3ccccc3)nc2-c2ccccc2)cc1Cl. The monoisotopic (exact) mass is 457 g/mol. The number of para-hydroxylation sites is 1. The molecule has 0 radical (unpaired) electrons. The molecule has 4 rings (SSSR count). The minimum Gasteiger partial charge on any atom is -0.318 e. The highest BCUT2D eigenvalue weighted by atomic mass is 35.5. The van der Waals surface area contributed by atoms with Gasteiger partial charge in [-0.05, 0) is 36.8 Å². The summed E-state index contributed by atoms with van der Waals surface area (Å²) in [5, 5.41) is 11.6. The molecule has 7 nitrogen and oxygen atoms in total. The molecule has 8 heteroatoms. The van der Waals surface area contributed by atoms with Gasteiger partial charge in [0, 0.05) is 28.0 Å². The summed E-state index contributed by atoms with van der Waals surface area (Å²) in [6.45, 7) is 1.85. The third-order valence-corrected chi connectivity index (χ3v) is 5.22. The van der Waals surface area contributed by atoms with Gasteiger partial charge in [-0.2, -0.15) is 10.2 Å². The predicted octanol–water partition coefficient (Wildman–Crippen LogP) is 4.59. The van der Waals surface area contributed by atoms with Crippen molar-refractivity contribution >= 4 is 35.3 Å². The van der Waals surface area contributed by atoms with E-state index in [0.717, 1.165) is 16.8 Å². The van der Waals surface area contributed by atoms with Crippen LogP contribution in [0.15, 0.2) is 90.2 Å². The van der Waals surface area contributed by atoms with Crippen LogP contribution in [0.25, 0.3) is 16.9 Å². The highest BCUT2D eigenvalue weighted by Gasteiger charge is 2.14. The third-order valence-electron chi connectivity index (χ3n) is 4.82. The zero-order valence-electron chi connectivity index (χ0n) is 17.7. The van der Waals surface area contributed by atoms with Gasteiger partial charge in [0.15, 0.2) is 0 Å². The number of hydrogen-bond donors (Lipinski definition) is 2. The quantitative estimate of drug-likeness (QED) is 0.261. The molecule has 0 aliphatic heterocycles. The number of aryl methyl sites for hydroxylation is 1. The number of aromatic nitrogens is 2. The van der Waals surface area contributed by atoms with Crippen molar-refractivity contribution in [2.75, 3.05) is 5.32 Å². The van der Waals surface area contributed by atoms with E-state index in [1.54, 1.807) is 22.9 Å². The van der Waals surface area contributed by atoms with Crippen molar-refractivity contribution in [3.05, 3.63) is 101 Å². The molecule has 2 amide bonds. The van der Waals surface area contributed by atoms with Crippen molar-refractivity contribution in [3.63, 3.8) is 0 Å². The lowest BCUT2D eigenvalue weighted by Gasteiger charge is -2.05. The molecule has 0 aliphatic carbocycles. The van der Waals surface area contributed by atoms with E-state index in [2.05, 4.69) is 20.9 Å². The maximum absolute atomic E-state index is 12.2. The van der Waals surface area contributed by atoms with E-state index in [9.17, 15) is 9.59 Å². The fraction of sp³-hybridized carbons (Fsp3) is 0.0400. The van der Waals surface area contributed by atoms with Crippen LogP contribution >= 0.6 is 11.6 Å². The fourth-order valence-corrected chi connectivity index (χ4v) is 3.27. The Labute approximate surface area is 195 Å². The molecule has 3 aromatic carbocycles. The third kappa shape index (κ3) is 5.34. The molecule has 0 atom stereocenters. The standard InChI is InChI=1S/C25H20ClN5O2/c1-17-12-13-20(14-22(17)26)28-24(32)25(33)29-27-15-19-16-31(21-10-6-3-7-11-21)30-23(19)18-8-4-2-5-9-18/h2-16H,1H3,(H,28,32)(H,29,33)/b27-15-. The minimum absolute atomic E-state index is 0.422. The maximum Gasteiger partial charge on any atom is 0.329 e. The Morgan fingerprint density at radius 2 is 1.67 bits per heavy atom. The van der Waals surface area contributed by atoms with Gasteiger partial charge in [-0.1, -0.05) is 66.2 Å². The van der Waals surface area contributed by atoms with Gasteiger partial charge in [-0.15, -0.1) is 0 Å². The highest BCUT2D eigenvalue weighted by molar-refractivity contribution is 6.39. The Kier molecular flexibility index (Phi) is 6.61. The molecule has 0 bridgehead atoms. The molecular weight excluding hydrogens is 438 g/mol. The number of amides is 2. The number of carbonyl (C=O) groups excluding carboxylic acids is 2. The summed E-state index contributed by atoms with van der Waals surface area (Å²) >= 11 is 6.06. The van der Waals surface area contributed by atoms with E-state index >= 15 is 0 Å². The zero-order valence-corrected chi connectivity index (χ0v) is 18.5. The molecular formula is C25H20ClN5O2. The van der Waals surface area contributed by atoms with Crippen molar-refractivity contribution < 1.29 is 9.59 Å². The molecule has 1 heterocycles. The topological polar surface area (TPSA) is 88.4 Å². The second-order valence-corrected chi connectivity index (χ2v) is 7.60. The van der Waals surface area contributed by atoms with Gasteiger partial charge in [0.25, 0.3) is 0 Å². The lowest BCUT2D eigenvalue weighted by molar-refractivity contribution is -0.136. The molecule has 1 aromatic heterocycles. The summed E-state index contributed by atoms with van der Waals surface area (Å²) in [5.41, 5.74) is 6.69. The number of hydrazone groups is 1. The summed E-state index contributed by atoms with van der Waals surface area (Å²) in [5.74, 6) is -1.75. The van der Waals surface area contributed by atoms with Crippen molar-refractivity contribution in [3.8, 4) is 16.9 Å². The molecule has 164 valence electrons. The summed E-state index contributed by atoms with van der Waals surface area (Å²) in [6.07, 6.45) is 3.27. The number of nitrogens with zero attached hydrogens (tertiary/aromatic N) is 3. The molecule has 4 aromatic rings. The van der Waals surface area contributed by atoms with Crippen LogP contribution in [0.5, 0.6) is 0 Å². The number of rotatable bonds is 5. The van der Waals surface area contributed by atoms with Crippen molar-refractivity contribution in [1.82, 2.24) is 15.2 Å². The van der Waals surface area contributed by atoms with Crippen molar-refractivity contribution in [2.45, 2.75) is 6.92 Å². The number of anilines is 1. The molecule has 0 unspecified atom stereocenters. The van der Waals surface area contributed by atoms with Crippen LogP contribution in [0.2, 0.25) is 5.02 Å². The lowest BCUT2D eigenvalue weighted by atomic mass is 10.1. The normalized spacial score (nSPS) is 10.8. The second-order valence-electron chi connectivity index (χ2n) is 7.20. The average molecular weight is 458 g/mol. The number of hydrogen-bond acceptors (Lipinski definition) is 4. The van der Waals surface area contributed by atoms with Gasteiger partial charge in [-0.25, -0.2) is 10.1 Å². The minimum atomic E-state index is -0.903. The summed E-state index contributed by atoms with van der Waals surface area (Å²) in [7, 11) is 0. The summed E-state index contributed by atoms with van der Waals surface area (Å²) in [6, 6.07) is 24.3. The largest absolute Gasteiger partial charge is 0.329 e. The van der Waals surface area contributed by atoms with Crippen molar-refractivity contribution in [1.29, 1.82) is 0 Å². The number of halogens is 1. The number of benzene rings is 3. The summed E-state index contributed by atoms with van der Waals surface area (Å²) in [4.78, 5) is 24.4. The van der Waals surface area contributed by atoms with Crippen molar-refractivity contribution in [2.24, 2.45) is 5.10 Å². The maximum atomic E-state index is 12.2. The molecule has 0 spiro atoms. The smallest absolute Gasteiger partial charge is 0.318 e. The van der Waals surface area contributed by atoms with Gasteiger partial charge in [0.2, 0.25) is 0 Å². The van der Waals surface area contributed by atoms with E-state index in [1.165, 1.54) is 6.21 Å². The Morgan fingerprint density at radius 3 is 2.36 bits per heavy atom. The van der Waals surface area contributed by atoms with Gasteiger partial charge >= 0.3 is 11.8 Å². The van der Waals surface area contributed by atoms with Gasteiger partial charge in [0.1, 0.15) is 5.69 Å². The van der Waals surface area contributed by atoms with E-state index in [1.807, 2.05) is 73.8 Å². The van der Waals surface area contributed by atoms with Gasteiger partial charge in [0.05, 0.1) is 11.9 Å². The Hall–Kier alpha value is -4.23. The first-order chi connectivity index (χ1) is 16.0. The zero-order chi connectivity index (χ0) is 23.2. The Bertz CT molecular complexity index is 1320. The van der Waals surface area contributed by atoms with Crippen LogP contribution in [0.3, 0.4) is 0 Å². The van der Waals surface area contributed by atoms with Crippen LogP contribution in [0.4, 0.5) is 5.69 Å². The van der Waals surface area contributed by atoms with Crippen LogP contribution in [-0.2, 0) is 9.59 Å². The molecule has 0 aliphatic rings. The molecule has 0 saturated carbocycles. The van der Waals surface area contributed by atoms with Gasteiger partial charge in [-0.3, -0.25) is 9.59 Å². The molecule has 0 saturated heterocycles. The molecule has 2 N–H and O–H groups in total. The first-order valence-corrected chi connectivity index (χ1v) is 10.5. The Balaban J connectivity index is 1.51. The molecule has 33 heavy (non-hydrogen) atoms. The van der Waals surface area contributed by atoms with Crippen LogP contribution in [0, 0.1) is 6.92 Å². The van der Waals surface area contributed by atoms with E-state index in [-0.39, 0.29) is 0 Å². The second kappa shape index (κ2) is 9.93. The summed E-state index contributed by atoms with van der Waals surface area (Å²) < 4.78 is 1.74. The number of nitrogens with one attached hydrogen (secondary N) is 2. The van der Waals surface area contributed by atoms with E-state index in [4.69, 9.17) is 11.6 Å². The number of carbonyl (C=O) groups is 2.